The number of esters is 1. The quantitative estimate of drug-likeness (QED) is 0.575. The number of ether oxygens (including phenoxy) is 1. The molecule has 0 radical (unpaired) electrons. The second-order valence-electron chi connectivity index (χ2n) is 4.23. The fourth-order valence-corrected chi connectivity index (χ4v) is 1.82. The maximum atomic E-state index is 11.7. The zero-order valence-corrected chi connectivity index (χ0v) is 9.76. The fourth-order valence-electron chi connectivity index (χ4n) is 1.82. The first kappa shape index (κ1) is 12.5. The molecule has 0 spiro atoms. The summed E-state index contributed by atoms with van der Waals surface area (Å²) in [4.78, 5) is 11.7. The molecule has 1 atom stereocenters. The SMILES string of the molecule is CCCCOC(=O)C1CCCCCCN1. The summed E-state index contributed by atoms with van der Waals surface area (Å²) in [5.74, 6) is -0.0506. The lowest BCUT2D eigenvalue weighted by Crippen LogP contribution is -2.39. The molecule has 1 rings (SSSR count). The van der Waals surface area contributed by atoms with E-state index in [4.69, 9.17) is 4.74 Å². The molecule has 0 aromatic carbocycles. The van der Waals surface area contributed by atoms with Gasteiger partial charge >= 0.3 is 5.97 Å². The normalized spacial score (nSPS) is 22.9. The Kier molecular flexibility index (Phi) is 6.41. The van der Waals surface area contributed by atoms with Crippen molar-refractivity contribution in [2.45, 2.75) is 57.9 Å². The Hall–Kier alpha value is -0.570. The molecule has 0 aromatic heterocycles. The van der Waals surface area contributed by atoms with E-state index in [0.29, 0.717) is 6.61 Å². The second kappa shape index (κ2) is 7.69. The third-order valence-electron chi connectivity index (χ3n) is 2.84. The van der Waals surface area contributed by atoms with Gasteiger partial charge in [-0.2, -0.15) is 0 Å². The van der Waals surface area contributed by atoms with Crippen LogP contribution in [0.1, 0.15) is 51.9 Å². The van der Waals surface area contributed by atoms with Gasteiger partial charge < -0.3 is 10.1 Å². The molecule has 1 fully saturated rings. The first-order valence-electron chi connectivity index (χ1n) is 6.24. The van der Waals surface area contributed by atoms with E-state index in [1.165, 1.54) is 19.3 Å². The molecule has 15 heavy (non-hydrogen) atoms. The average molecular weight is 213 g/mol. The molecule has 1 aliphatic heterocycles. The summed E-state index contributed by atoms with van der Waals surface area (Å²) in [6.07, 6.45) is 7.83. The summed E-state index contributed by atoms with van der Waals surface area (Å²) in [6, 6.07) is -0.0536. The molecule has 0 aliphatic carbocycles. The van der Waals surface area contributed by atoms with Crippen LogP contribution in [0.2, 0.25) is 0 Å². The molecule has 88 valence electrons. The third-order valence-corrected chi connectivity index (χ3v) is 2.84. The van der Waals surface area contributed by atoms with Crippen LogP contribution >= 0.6 is 0 Å². The predicted octanol–water partition coefficient (Wildman–Crippen LogP) is 2.25. The van der Waals surface area contributed by atoms with Gasteiger partial charge in [-0.05, 0) is 25.8 Å². The highest BCUT2D eigenvalue weighted by Crippen LogP contribution is 2.10. The van der Waals surface area contributed by atoms with Crippen molar-refractivity contribution in [2.24, 2.45) is 0 Å². The molecule has 0 saturated carbocycles. The number of hydrogen-bond acceptors (Lipinski definition) is 3. The van der Waals surface area contributed by atoms with Crippen molar-refractivity contribution in [3.05, 3.63) is 0 Å². The van der Waals surface area contributed by atoms with Gasteiger partial charge in [0.25, 0.3) is 0 Å². The summed E-state index contributed by atoms with van der Waals surface area (Å²) >= 11 is 0. The van der Waals surface area contributed by atoms with Crippen molar-refractivity contribution in [2.75, 3.05) is 13.2 Å². The smallest absolute Gasteiger partial charge is 0.323 e. The van der Waals surface area contributed by atoms with E-state index in [0.717, 1.165) is 32.2 Å². The van der Waals surface area contributed by atoms with Crippen LogP contribution < -0.4 is 5.32 Å². The summed E-state index contributed by atoms with van der Waals surface area (Å²) in [7, 11) is 0. The van der Waals surface area contributed by atoms with Gasteiger partial charge in [0.1, 0.15) is 6.04 Å². The first-order chi connectivity index (χ1) is 7.34. The standard InChI is InChI=1S/C12H23NO2/c1-2-3-10-15-12(14)11-8-6-4-5-7-9-13-11/h11,13H,2-10H2,1H3. The maximum absolute atomic E-state index is 11.7. The number of hydrogen-bond donors (Lipinski definition) is 1. The number of carbonyl (C=O) groups is 1. The number of nitrogens with one attached hydrogen (secondary N) is 1. The zero-order valence-electron chi connectivity index (χ0n) is 9.76. The Balaban J connectivity index is 2.22. The van der Waals surface area contributed by atoms with Gasteiger partial charge in [-0.15, -0.1) is 0 Å². The molecule has 0 bridgehead atoms. The molecule has 1 aliphatic rings. The van der Waals surface area contributed by atoms with Crippen LogP contribution in [0.3, 0.4) is 0 Å². The highest BCUT2D eigenvalue weighted by Gasteiger charge is 2.19. The molecule has 0 amide bonds. The summed E-state index contributed by atoms with van der Waals surface area (Å²) in [5, 5.41) is 3.27. The van der Waals surface area contributed by atoms with E-state index in [9.17, 15) is 4.79 Å². The number of unbranched alkanes of at least 4 members (excludes halogenated alkanes) is 1. The Labute approximate surface area is 92.6 Å². The first-order valence-corrected chi connectivity index (χ1v) is 6.24. The van der Waals surface area contributed by atoms with Gasteiger partial charge in [0.2, 0.25) is 0 Å². The minimum atomic E-state index is -0.0536. The molecular weight excluding hydrogens is 190 g/mol. The van der Waals surface area contributed by atoms with Crippen molar-refractivity contribution < 1.29 is 9.53 Å². The molecule has 3 heteroatoms. The lowest BCUT2D eigenvalue weighted by Gasteiger charge is -2.19. The van der Waals surface area contributed by atoms with Crippen LogP contribution in [0.25, 0.3) is 0 Å². The average Bonchev–Trinajstić information content (AvgIpc) is 2.17. The third kappa shape index (κ3) is 5.17. The fraction of sp³-hybridized carbons (Fsp3) is 0.917. The molecule has 0 aromatic rings. The summed E-state index contributed by atoms with van der Waals surface area (Å²) in [5.41, 5.74) is 0. The van der Waals surface area contributed by atoms with E-state index in [1.54, 1.807) is 0 Å². The highest BCUT2D eigenvalue weighted by molar-refractivity contribution is 5.75. The highest BCUT2D eigenvalue weighted by atomic mass is 16.5. The molecule has 3 nitrogen and oxygen atoms in total. The van der Waals surface area contributed by atoms with Crippen LogP contribution in [-0.4, -0.2) is 25.2 Å². The van der Waals surface area contributed by atoms with Gasteiger partial charge in [-0.3, -0.25) is 4.79 Å². The van der Waals surface area contributed by atoms with Gasteiger partial charge in [0, 0.05) is 0 Å². The minimum Gasteiger partial charge on any atom is -0.465 e. The van der Waals surface area contributed by atoms with Crippen molar-refractivity contribution in [3.8, 4) is 0 Å². The van der Waals surface area contributed by atoms with E-state index in [1.807, 2.05) is 0 Å². The van der Waals surface area contributed by atoms with Crippen molar-refractivity contribution >= 4 is 5.97 Å². The lowest BCUT2D eigenvalue weighted by atomic mass is 10.0. The molecule has 1 saturated heterocycles. The maximum Gasteiger partial charge on any atom is 0.323 e. The van der Waals surface area contributed by atoms with E-state index < -0.39 is 0 Å². The second-order valence-corrected chi connectivity index (χ2v) is 4.23. The van der Waals surface area contributed by atoms with E-state index in [-0.39, 0.29) is 12.0 Å². The Morgan fingerprint density at radius 3 is 2.93 bits per heavy atom. The van der Waals surface area contributed by atoms with E-state index in [2.05, 4.69) is 12.2 Å². The molecule has 1 N–H and O–H groups in total. The summed E-state index contributed by atoms with van der Waals surface area (Å²) < 4.78 is 5.22. The van der Waals surface area contributed by atoms with Crippen LogP contribution in [0.5, 0.6) is 0 Å². The van der Waals surface area contributed by atoms with Crippen molar-refractivity contribution in [3.63, 3.8) is 0 Å². The monoisotopic (exact) mass is 213 g/mol. The van der Waals surface area contributed by atoms with Crippen LogP contribution in [0.4, 0.5) is 0 Å². The van der Waals surface area contributed by atoms with Crippen molar-refractivity contribution in [1.29, 1.82) is 0 Å². The molecule has 1 heterocycles. The Morgan fingerprint density at radius 2 is 2.13 bits per heavy atom. The minimum absolute atomic E-state index is 0.0506. The Bertz CT molecular complexity index is 174. The van der Waals surface area contributed by atoms with Gasteiger partial charge in [0.15, 0.2) is 0 Å². The molecular formula is C12H23NO2. The summed E-state index contributed by atoms with van der Waals surface area (Å²) in [6.45, 7) is 3.63. The van der Waals surface area contributed by atoms with Crippen LogP contribution in [0, 0.1) is 0 Å². The largest absolute Gasteiger partial charge is 0.465 e. The number of carbonyl (C=O) groups excluding carboxylic acids is 1. The van der Waals surface area contributed by atoms with Crippen molar-refractivity contribution in [1.82, 2.24) is 5.32 Å². The lowest BCUT2D eigenvalue weighted by molar-refractivity contribution is -0.146. The zero-order chi connectivity index (χ0) is 10.9. The van der Waals surface area contributed by atoms with E-state index >= 15 is 0 Å². The number of rotatable bonds is 4. The van der Waals surface area contributed by atoms with Gasteiger partial charge in [-0.25, -0.2) is 0 Å². The van der Waals surface area contributed by atoms with Gasteiger partial charge in [0.05, 0.1) is 6.61 Å². The molecule has 1 unspecified atom stereocenters. The predicted molar refractivity (Wildman–Crippen MR) is 60.7 cm³/mol. The van der Waals surface area contributed by atoms with Gasteiger partial charge in [-0.1, -0.05) is 32.6 Å². The Morgan fingerprint density at radius 1 is 1.33 bits per heavy atom. The van der Waals surface area contributed by atoms with Crippen LogP contribution in [-0.2, 0) is 9.53 Å². The topological polar surface area (TPSA) is 38.3 Å². The van der Waals surface area contributed by atoms with Crippen LogP contribution in [0.15, 0.2) is 0 Å².